The lowest BCUT2D eigenvalue weighted by Crippen LogP contribution is -1.96. The summed E-state index contributed by atoms with van der Waals surface area (Å²) in [6.07, 6.45) is 0. The molecule has 0 fully saturated rings. The van der Waals surface area contributed by atoms with E-state index in [-0.39, 0.29) is 0 Å². The Labute approximate surface area is 89.5 Å². The number of ether oxygens (including phenoxy) is 1. The van der Waals surface area contributed by atoms with Gasteiger partial charge in [0.15, 0.2) is 13.0 Å². The Balaban J connectivity index is 3.10. The molecule has 0 aromatic heterocycles. The van der Waals surface area contributed by atoms with Crippen molar-refractivity contribution in [3.8, 4) is 5.75 Å². The van der Waals surface area contributed by atoms with Crippen LogP contribution < -0.4 is 9.82 Å². The van der Waals surface area contributed by atoms with Crippen molar-refractivity contribution in [3.63, 3.8) is 0 Å². The summed E-state index contributed by atoms with van der Waals surface area (Å²) in [6, 6.07) is 4.98. The van der Waals surface area contributed by atoms with E-state index in [1.54, 1.807) is 31.5 Å². The van der Waals surface area contributed by atoms with Gasteiger partial charge >= 0.3 is 0 Å². The Morgan fingerprint density at radius 2 is 2.13 bits per heavy atom. The molecule has 0 amide bonds. The molecule has 1 aromatic rings. The lowest BCUT2D eigenvalue weighted by Gasteiger charge is -2.14. The molecule has 0 aliphatic rings. The molecule has 1 rings (SSSR count). The molecule has 0 unspecified atom stereocenters. The first-order valence-corrected chi connectivity index (χ1v) is 6.95. The molecular formula is C10H13N2O2P. The number of hydrogen-bond donors (Lipinski definition) is 1. The first kappa shape index (κ1) is 11.6. The van der Waals surface area contributed by atoms with E-state index in [2.05, 4.69) is 9.93 Å². The molecule has 5 heteroatoms. The van der Waals surface area contributed by atoms with Crippen LogP contribution in [-0.4, -0.2) is 20.4 Å². The highest BCUT2D eigenvalue weighted by Gasteiger charge is 2.10. The molecule has 4 nitrogen and oxygen atoms in total. The van der Waals surface area contributed by atoms with Crippen LogP contribution in [0.3, 0.4) is 0 Å². The Morgan fingerprint density at radius 1 is 1.47 bits per heavy atom. The Morgan fingerprint density at radius 3 is 2.60 bits per heavy atom. The van der Waals surface area contributed by atoms with Gasteiger partial charge in [-0.3, -0.25) is 0 Å². The van der Waals surface area contributed by atoms with E-state index in [9.17, 15) is 4.57 Å². The topological polar surface area (TPSA) is 42.7 Å². The molecule has 0 spiro atoms. The lowest BCUT2D eigenvalue weighted by molar-refractivity contribution is 0.417. The van der Waals surface area contributed by atoms with E-state index >= 15 is 0 Å². The third-order valence-corrected chi connectivity index (χ3v) is 2.48. The molecule has 1 aromatic carbocycles. The van der Waals surface area contributed by atoms with E-state index in [0.29, 0.717) is 17.1 Å². The normalized spacial score (nSPS) is 10.5. The van der Waals surface area contributed by atoms with Crippen molar-refractivity contribution < 1.29 is 9.30 Å². The van der Waals surface area contributed by atoms with E-state index in [1.165, 1.54) is 7.11 Å². The second kappa shape index (κ2) is 4.37. The van der Waals surface area contributed by atoms with Crippen LogP contribution in [0.15, 0.2) is 18.2 Å². The van der Waals surface area contributed by atoms with Crippen LogP contribution in [0, 0.1) is 6.57 Å². The largest absolute Gasteiger partial charge is 0.496 e. The average Bonchev–Trinajstić information content (AvgIpc) is 2.16. The van der Waals surface area contributed by atoms with Gasteiger partial charge in [0.25, 0.3) is 0 Å². The third kappa shape index (κ3) is 3.30. The highest BCUT2D eigenvalue weighted by Crippen LogP contribution is 2.41. The van der Waals surface area contributed by atoms with Crippen LogP contribution in [0.4, 0.5) is 11.4 Å². The van der Waals surface area contributed by atoms with Gasteiger partial charge < -0.3 is 14.4 Å². The Hall–Kier alpha value is -1.46. The summed E-state index contributed by atoms with van der Waals surface area (Å²) < 4.78 is 16.7. The number of anilines is 1. The smallest absolute Gasteiger partial charge is 0.191 e. The predicted molar refractivity (Wildman–Crippen MR) is 62.3 cm³/mol. The molecule has 0 bridgehead atoms. The maximum atomic E-state index is 11.6. The van der Waals surface area contributed by atoms with Crippen molar-refractivity contribution in [2.24, 2.45) is 0 Å². The van der Waals surface area contributed by atoms with Gasteiger partial charge in [-0.05, 0) is 12.1 Å². The molecule has 15 heavy (non-hydrogen) atoms. The molecular weight excluding hydrogens is 211 g/mol. The average molecular weight is 224 g/mol. The quantitative estimate of drug-likeness (QED) is 0.633. The van der Waals surface area contributed by atoms with Crippen molar-refractivity contribution in [2.45, 2.75) is 0 Å². The van der Waals surface area contributed by atoms with E-state index in [0.717, 1.165) is 0 Å². The standard InChI is InChI=1S/C10H13N2O2P/c1-11-8-5-6-9(10(7-8)14-2)12-15(3,4)13/h5-7H,2-4H3,(H,12,13). The number of nitrogens with one attached hydrogen (secondary N) is 1. The van der Waals surface area contributed by atoms with Crippen molar-refractivity contribution in [3.05, 3.63) is 29.6 Å². The molecule has 0 heterocycles. The van der Waals surface area contributed by atoms with Crippen molar-refractivity contribution in [2.75, 3.05) is 25.5 Å². The van der Waals surface area contributed by atoms with Crippen LogP contribution in [0.25, 0.3) is 4.85 Å². The van der Waals surface area contributed by atoms with Crippen LogP contribution in [0.2, 0.25) is 0 Å². The number of nitrogens with zero attached hydrogens (tertiary/aromatic N) is 1. The van der Waals surface area contributed by atoms with E-state index < -0.39 is 7.29 Å². The van der Waals surface area contributed by atoms with Gasteiger partial charge in [0.2, 0.25) is 0 Å². The van der Waals surface area contributed by atoms with Crippen LogP contribution >= 0.6 is 7.29 Å². The highest BCUT2D eigenvalue weighted by molar-refractivity contribution is 7.63. The second-order valence-corrected chi connectivity index (χ2v) is 6.38. The van der Waals surface area contributed by atoms with Gasteiger partial charge in [-0.2, -0.15) is 0 Å². The summed E-state index contributed by atoms with van der Waals surface area (Å²) in [5.41, 5.74) is 1.15. The van der Waals surface area contributed by atoms with E-state index in [1.807, 2.05) is 0 Å². The van der Waals surface area contributed by atoms with Gasteiger partial charge in [0.05, 0.1) is 19.4 Å². The number of rotatable bonds is 3. The fourth-order valence-electron chi connectivity index (χ4n) is 1.13. The van der Waals surface area contributed by atoms with Crippen molar-refractivity contribution in [1.29, 1.82) is 0 Å². The van der Waals surface area contributed by atoms with Crippen LogP contribution in [0.1, 0.15) is 0 Å². The molecule has 0 saturated carbocycles. The highest BCUT2D eigenvalue weighted by atomic mass is 31.2. The molecule has 0 radical (unpaired) electrons. The summed E-state index contributed by atoms with van der Waals surface area (Å²) in [5.74, 6) is 0.535. The zero-order valence-corrected chi connectivity index (χ0v) is 9.84. The minimum absolute atomic E-state index is 0.499. The third-order valence-electron chi connectivity index (χ3n) is 1.70. The molecule has 0 aliphatic heterocycles. The van der Waals surface area contributed by atoms with Gasteiger partial charge in [-0.25, -0.2) is 4.85 Å². The van der Waals surface area contributed by atoms with Gasteiger partial charge in [0.1, 0.15) is 5.75 Å². The molecule has 0 saturated heterocycles. The summed E-state index contributed by atoms with van der Waals surface area (Å²) in [6.45, 7) is 10.1. The molecule has 0 atom stereocenters. The van der Waals surface area contributed by atoms with Crippen LogP contribution in [0.5, 0.6) is 5.75 Å². The monoisotopic (exact) mass is 224 g/mol. The maximum absolute atomic E-state index is 11.6. The lowest BCUT2D eigenvalue weighted by atomic mass is 10.2. The van der Waals surface area contributed by atoms with Crippen LogP contribution in [-0.2, 0) is 4.57 Å². The summed E-state index contributed by atoms with van der Waals surface area (Å²) in [7, 11) is -0.840. The molecule has 1 N–H and O–H groups in total. The van der Waals surface area contributed by atoms with E-state index in [4.69, 9.17) is 11.3 Å². The minimum Gasteiger partial charge on any atom is -0.496 e. The fourth-order valence-corrected chi connectivity index (χ4v) is 1.90. The fraction of sp³-hybridized carbons (Fsp3) is 0.300. The summed E-state index contributed by atoms with van der Waals surface area (Å²) >= 11 is 0. The van der Waals surface area contributed by atoms with Gasteiger partial charge in [0, 0.05) is 13.3 Å². The summed E-state index contributed by atoms with van der Waals surface area (Å²) in [4.78, 5) is 3.29. The maximum Gasteiger partial charge on any atom is 0.191 e. The second-order valence-electron chi connectivity index (χ2n) is 3.46. The zero-order valence-electron chi connectivity index (χ0n) is 8.94. The number of hydrogen-bond acceptors (Lipinski definition) is 2. The molecule has 80 valence electrons. The van der Waals surface area contributed by atoms with Gasteiger partial charge in [-0.1, -0.05) is 6.07 Å². The van der Waals surface area contributed by atoms with Crippen molar-refractivity contribution in [1.82, 2.24) is 0 Å². The van der Waals surface area contributed by atoms with Crippen molar-refractivity contribution >= 4 is 18.7 Å². The number of methoxy groups -OCH3 is 1. The Bertz CT molecular complexity index is 445. The SMILES string of the molecule is [C-]#[N+]c1ccc(NP(C)(C)=O)c(OC)c1. The Kier molecular flexibility index (Phi) is 3.39. The number of benzene rings is 1. The van der Waals surface area contributed by atoms with Gasteiger partial charge in [-0.15, -0.1) is 0 Å². The predicted octanol–water partition coefficient (Wildman–Crippen LogP) is 3.20. The first-order chi connectivity index (χ1) is 6.96. The molecule has 0 aliphatic carbocycles. The first-order valence-electron chi connectivity index (χ1n) is 4.35. The summed E-state index contributed by atoms with van der Waals surface area (Å²) in [5, 5.41) is 2.88. The minimum atomic E-state index is -2.36. The zero-order chi connectivity index (χ0) is 11.5.